The molecule has 0 spiro atoms. The molecule has 5 nitrogen and oxygen atoms in total. The minimum atomic E-state index is -0.193. The topological polar surface area (TPSA) is 65.5 Å². The first-order valence-electron chi connectivity index (χ1n) is 7.52. The van der Waals surface area contributed by atoms with Crippen molar-refractivity contribution in [3.05, 3.63) is 33.8 Å². The fraction of sp³-hybridized carbons (Fsp3) is 0.500. The number of benzene rings is 1. The number of carbonyl (C=O) groups excluding carboxylic acids is 1. The minimum Gasteiger partial charge on any atom is -0.355 e. The number of nitrogens with one attached hydrogen (secondary N) is 3. The Balaban J connectivity index is 2.36. The molecule has 134 valence electrons. The molecule has 1 aromatic carbocycles. The van der Waals surface area contributed by atoms with Crippen LogP contribution in [0.2, 0.25) is 10.0 Å². The molecule has 8 heteroatoms. The van der Waals surface area contributed by atoms with E-state index in [1.807, 2.05) is 0 Å². The second-order valence-corrected chi connectivity index (χ2v) is 8.03. The van der Waals surface area contributed by atoms with E-state index in [9.17, 15) is 4.79 Å². The van der Waals surface area contributed by atoms with Crippen molar-refractivity contribution in [3.8, 4) is 0 Å². The summed E-state index contributed by atoms with van der Waals surface area (Å²) in [7, 11) is 1.72. The summed E-state index contributed by atoms with van der Waals surface area (Å²) in [5.41, 5.74) is 0.480. The number of carbonyl (C=O) groups is 1. The summed E-state index contributed by atoms with van der Waals surface area (Å²) >= 11 is 13.5. The van der Waals surface area contributed by atoms with Gasteiger partial charge >= 0.3 is 0 Å². The van der Waals surface area contributed by atoms with E-state index in [1.165, 1.54) is 0 Å². The molecule has 1 rings (SSSR count). The Morgan fingerprint density at radius 1 is 1.17 bits per heavy atom. The Labute approximate surface area is 158 Å². The van der Waals surface area contributed by atoms with Crippen LogP contribution in [-0.4, -0.2) is 49.6 Å². The van der Waals surface area contributed by atoms with Crippen LogP contribution in [0.15, 0.2) is 23.2 Å². The molecule has 1 aromatic rings. The first kappa shape index (κ1) is 20.9. The van der Waals surface area contributed by atoms with E-state index in [2.05, 4.69) is 41.0 Å². The van der Waals surface area contributed by atoms with Crippen LogP contribution in [0.5, 0.6) is 0 Å². The number of aliphatic imine (C=N–C) groups is 1. The highest BCUT2D eigenvalue weighted by Crippen LogP contribution is 2.22. The average molecular weight is 391 g/mol. The lowest BCUT2D eigenvalue weighted by Gasteiger charge is -2.23. The molecule has 24 heavy (non-hydrogen) atoms. The predicted molar refractivity (Wildman–Crippen MR) is 106 cm³/mol. The van der Waals surface area contributed by atoms with E-state index in [0.29, 0.717) is 34.7 Å². The van der Waals surface area contributed by atoms with Crippen molar-refractivity contribution in [1.82, 2.24) is 16.0 Å². The zero-order valence-corrected chi connectivity index (χ0v) is 16.7. The largest absolute Gasteiger partial charge is 0.355 e. The molecule has 0 saturated heterocycles. The quantitative estimate of drug-likeness (QED) is 0.380. The van der Waals surface area contributed by atoms with Gasteiger partial charge in [-0.25, -0.2) is 0 Å². The van der Waals surface area contributed by atoms with Gasteiger partial charge in [0, 0.05) is 37.0 Å². The molecule has 1 amide bonds. The highest BCUT2D eigenvalue weighted by Gasteiger charge is 2.16. The molecular weight excluding hydrogens is 367 g/mol. The summed E-state index contributed by atoms with van der Waals surface area (Å²) in [6, 6.07) is 4.80. The molecule has 0 unspecified atom stereocenters. The highest BCUT2D eigenvalue weighted by molar-refractivity contribution is 7.99. The normalized spacial score (nSPS) is 12.0. The zero-order chi connectivity index (χ0) is 18.2. The standard InChI is InChI=1S/C16H24Cl2N4OS/c1-16(2,24-4)10-22-15(19-3)21-8-7-20-14(23)11-5-6-12(17)13(18)9-11/h5-6,9H,7-8,10H2,1-4H3,(H,20,23)(H2,19,21,22). The fourth-order valence-electron chi connectivity index (χ4n) is 1.69. The maximum Gasteiger partial charge on any atom is 0.251 e. The Morgan fingerprint density at radius 3 is 2.42 bits per heavy atom. The molecule has 0 fully saturated rings. The van der Waals surface area contributed by atoms with E-state index in [1.54, 1.807) is 37.0 Å². The van der Waals surface area contributed by atoms with E-state index in [0.717, 1.165) is 6.54 Å². The van der Waals surface area contributed by atoms with E-state index in [4.69, 9.17) is 23.2 Å². The van der Waals surface area contributed by atoms with Crippen LogP contribution in [-0.2, 0) is 0 Å². The highest BCUT2D eigenvalue weighted by atomic mass is 35.5. The second-order valence-electron chi connectivity index (χ2n) is 5.70. The molecule has 0 bridgehead atoms. The fourth-order valence-corrected chi connectivity index (χ4v) is 2.20. The molecule has 0 aliphatic rings. The molecule has 0 aromatic heterocycles. The van der Waals surface area contributed by atoms with Gasteiger partial charge < -0.3 is 16.0 Å². The lowest BCUT2D eigenvalue weighted by Crippen LogP contribution is -2.45. The van der Waals surface area contributed by atoms with Crippen LogP contribution in [0.25, 0.3) is 0 Å². The SMILES string of the molecule is CN=C(NCCNC(=O)c1ccc(Cl)c(Cl)c1)NCC(C)(C)SC. The summed E-state index contributed by atoms with van der Waals surface area (Å²) in [6.45, 7) is 6.15. The van der Waals surface area contributed by atoms with Gasteiger partial charge in [-0.2, -0.15) is 11.8 Å². The van der Waals surface area contributed by atoms with Crippen LogP contribution in [0, 0.1) is 0 Å². The van der Waals surface area contributed by atoms with Gasteiger partial charge in [0.05, 0.1) is 10.0 Å². The van der Waals surface area contributed by atoms with Crippen LogP contribution >= 0.6 is 35.0 Å². The molecule has 0 saturated carbocycles. The summed E-state index contributed by atoms with van der Waals surface area (Å²) in [5.74, 6) is 0.516. The van der Waals surface area contributed by atoms with Gasteiger partial charge in [0.1, 0.15) is 0 Å². The van der Waals surface area contributed by atoms with Gasteiger partial charge in [-0.1, -0.05) is 23.2 Å². The third kappa shape index (κ3) is 7.20. The third-order valence-electron chi connectivity index (χ3n) is 3.34. The summed E-state index contributed by atoms with van der Waals surface area (Å²) < 4.78 is 0.125. The van der Waals surface area contributed by atoms with Crippen molar-refractivity contribution in [2.75, 3.05) is 32.9 Å². The van der Waals surface area contributed by atoms with E-state index in [-0.39, 0.29) is 10.7 Å². The summed E-state index contributed by atoms with van der Waals surface area (Å²) in [6.07, 6.45) is 2.08. The van der Waals surface area contributed by atoms with E-state index >= 15 is 0 Å². The Kier molecular flexibility index (Phi) is 8.73. The number of hydrogen-bond donors (Lipinski definition) is 3. The zero-order valence-electron chi connectivity index (χ0n) is 14.4. The first-order chi connectivity index (χ1) is 11.3. The number of amides is 1. The predicted octanol–water partition coefficient (Wildman–Crippen LogP) is 3.03. The van der Waals surface area contributed by atoms with Crippen molar-refractivity contribution in [2.24, 2.45) is 4.99 Å². The number of thioether (sulfide) groups is 1. The van der Waals surface area contributed by atoms with Gasteiger partial charge in [-0.05, 0) is 38.3 Å². The van der Waals surface area contributed by atoms with Crippen LogP contribution in [0.3, 0.4) is 0 Å². The minimum absolute atomic E-state index is 0.125. The lowest BCUT2D eigenvalue weighted by molar-refractivity contribution is 0.0954. The molecule has 0 heterocycles. The summed E-state index contributed by atoms with van der Waals surface area (Å²) in [5, 5.41) is 10.0. The van der Waals surface area contributed by atoms with Gasteiger partial charge in [-0.15, -0.1) is 0 Å². The lowest BCUT2D eigenvalue weighted by atomic mass is 10.2. The van der Waals surface area contributed by atoms with Crippen molar-refractivity contribution < 1.29 is 4.79 Å². The first-order valence-corrected chi connectivity index (χ1v) is 9.50. The average Bonchev–Trinajstić information content (AvgIpc) is 2.56. The number of nitrogens with zero attached hydrogens (tertiary/aromatic N) is 1. The van der Waals surface area contributed by atoms with Crippen molar-refractivity contribution in [2.45, 2.75) is 18.6 Å². The Hall–Kier alpha value is -1.11. The van der Waals surface area contributed by atoms with Crippen LogP contribution in [0.4, 0.5) is 0 Å². The van der Waals surface area contributed by atoms with Crippen LogP contribution < -0.4 is 16.0 Å². The Morgan fingerprint density at radius 2 is 1.83 bits per heavy atom. The summed E-state index contributed by atoms with van der Waals surface area (Å²) in [4.78, 5) is 16.2. The maximum absolute atomic E-state index is 12.0. The van der Waals surface area contributed by atoms with Gasteiger partial charge in [-0.3, -0.25) is 9.79 Å². The van der Waals surface area contributed by atoms with Gasteiger partial charge in [0.25, 0.3) is 5.91 Å². The number of guanidine groups is 1. The van der Waals surface area contributed by atoms with Gasteiger partial charge in [0.2, 0.25) is 0 Å². The van der Waals surface area contributed by atoms with Gasteiger partial charge in [0.15, 0.2) is 5.96 Å². The Bertz CT molecular complexity index is 593. The molecule has 0 aliphatic heterocycles. The van der Waals surface area contributed by atoms with Crippen molar-refractivity contribution in [1.29, 1.82) is 0 Å². The third-order valence-corrected chi connectivity index (χ3v) is 5.33. The van der Waals surface area contributed by atoms with Crippen molar-refractivity contribution in [3.63, 3.8) is 0 Å². The molecule has 0 aliphatic carbocycles. The second kappa shape index (κ2) is 10.0. The van der Waals surface area contributed by atoms with E-state index < -0.39 is 0 Å². The number of halogens is 2. The number of rotatable bonds is 7. The van der Waals surface area contributed by atoms with Crippen molar-refractivity contribution >= 4 is 46.8 Å². The number of hydrogen-bond acceptors (Lipinski definition) is 3. The van der Waals surface area contributed by atoms with Crippen LogP contribution in [0.1, 0.15) is 24.2 Å². The molecule has 0 atom stereocenters. The molecule has 3 N–H and O–H groups in total. The molecular formula is C16H24Cl2N4OS. The molecule has 0 radical (unpaired) electrons. The smallest absolute Gasteiger partial charge is 0.251 e. The monoisotopic (exact) mass is 390 g/mol. The maximum atomic E-state index is 12.0.